The van der Waals surface area contributed by atoms with Gasteiger partial charge in [-0.2, -0.15) is 0 Å². The van der Waals surface area contributed by atoms with Crippen LogP contribution in [0.25, 0.3) is 0 Å². The summed E-state index contributed by atoms with van der Waals surface area (Å²) in [6.07, 6.45) is 5.86. The number of carboxylic acid groups (broad SMARTS) is 1. The van der Waals surface area contributed by atoms with E-state index in [9.17, 15) is 9.90 Å². The molecule has 1 aliphatic carbocycles. The molecule has 1 aromatic rings. The van der Waals surface area contributed by atoms with Gasteiger partial charge >= 0.3 is 5.97 Å². The average Bonchev–Trinajstić information content (AvgIpc) is 2.46. The van der Waals surface area contributed by atoms with Crippen LogP contribution in [0.2, 0.25) is 0 Å². The SMILES string of the molecule is CCC1CCC(NC(C(=O)O)c2ccccc2)CC1. The Morgan fingerprint density at radius 2 is 1.89 bits per heavy atom. The second-order valence-corrected chi connectivity index (χ2v) is 5.47. The van der Waals surface area contributed by atoms with Gasteiger partial charge in [0.1, 0.15) is 6.04 Å². The molecule has 0 aliphatic heterocycles. The van der Waals surface area contributed by atoms with Crippen LogP contribution >= 0.6 is 0 Å². The lowest BCUT2D eigenvalue weighted by atomic mass is 9.84. The van der Waals surface area contributed by atoms with Crippen LogP contribution in [0.3, 0.4) is 0 Å². The minimum atomic E-state index is -0.788. The van der Waals surface area contributed by atoms with Gasteiger partial charge in [0.05, 0.1) is 0 Å². The Kier molecular flexibility index (Phi) is 4.97. The van der Waals surface area contributed by atoms with Gasteiger partial charge in [0.25, 0.3) is 0 Å². The molecule has 19 heavy (non-hydrogen) atoms. The highest BCUT2D eigenvalue weighted by molar-refractivity contribution is 5.75. The molecule has 1 aromatic carbocycles. The molecule has 2 N–H and O–H groups in total. The summed E-state index contributed by atoms with van der Waals surface area (Å²) in [5.74, 6) is 0.0434. The predicted molar refractivity (Wildman–Crippen MR) is 76.0 cm³/mol. The number of carbonyl (C=O) groups is 1. The summed E-state index contributed by atoms with van der Waals surface area (Å²) in [7, 11) is 0. The van der Waals surface area contributed by atoms with E-state index in [1.54, 1.807) is 0 Å². The van der Waals surface area contributed by atoms with Gasteiger partial charge in [-0.3, -0.25) is 10.1 Å². The first-order chi connectivity index (χ1) is 9.20. The first kappa shape index (κ1) is 14.1. The molecule has 0 radical (unpaired) electrons. The molecule has 1 fully saturated rings. The van der Waals surface area contributed by atoms with E-state index in [-0.39, 0.29) is 0 Å². The van der Waals surface area contributed by atoms with Crippen molar-refractivity contribution >= 4 is 5.97 Å². The van der Waals surface area contributed by atoms with Crippen LogP contribution in [0.4, 0.5) is 0 Å². The van der Waals surface area contributed by atoms with E-state index in [1.165, 1.54) is 19.3 Å². The van der Waals surface area contributed by atoms with Crippen molar-refractivity contribution in [2.24, 2.45) is 5.92 Å². The number of aliphatic carboxylic acids is 1. The number of rotatable bonds is 5. The first-order valence-electron chi connectivity index (χ1n) is 7.24. The van der Waals surface area contributed by atoms with Crippen LogP contribution in [0, 0.1) is 5.92 Å². The first-order valence-corrected chi connectivity index (χ1v) is 7.24. The molecule has 3 heteroatoms. The zero-order valence-electron chi connectivity index (χ0n) is 11.5. The Balaban J connectivity index is 1.97. The molecule has 0 spiro atoms. The maximum atomic E-state index is 11.4. The third-order valence-electron chi connectivity index (χ3n) is 4.21. The van der Waals surface area contributed by atoms with Crippen LogP contribution in [0.5, 0.6) is 0 Å². The summed E-state index contributed by atoms with van der Waals surface area (Å²) in [6.45, 7) is 2.24. The number of hydrogen-bond donors (Lipinski definition) is 2. The van der Waals surface area contributed by atoms with Crippen LogP contribution in [-0.2, 0) is 4.79 Å². The maximum absolute atomic E-state index is 11.4. The highest BCUT2D eigenvalue weighted by atomic mass is 16.4. The number of hydrogen-bond acceptors (Lipinski definition) is 2. The van der Waals surface area contributed by atoms with E-state index in [2.05, 4.69) is 12.2 Å². The van der Waals surface area contributed by atoms with Crippen LogP contribution in [0.15, 0.2) is 30.3 Å². The number of benzene rings is 1. The predicted octanol–water partition coefficient (Wildman–Crippen LogP) is 3.37. The van der Waals surface area contributed by atoms with Crippen LogP contribution < -0.4 is 5.32 Å². The third kappa shape index (κ3) is 3.80. The van der Waals surface area contributed by atoms with Gasteiger partial charge in [-0.05, 0) is 37.2 Å². The molecule has 104 valence electrons. The van der Waals surface area contributed by atoms with Gasteiger partial charge in [0.15, 0.2) is 0 Å². The molecule has 1 aliphatic rings. The van der Waals surface area contributed by atoms with Crippen LogP contribution in [0.1, 0.15) is 50.6 Å². The van der Waals surface area contributed by atoms with E-state index < -0.39 is 12.0 Å². The molecule has 0 saturated heterocycles. The third-order valence-corrected chi connectivity index (χ3v) is 4.21. The second kappa shape index (κ2) is 6.71. The Labute approximate surface area is 115 Å². The van der Waals surface area contributed by atoms with Crippen molar-refractivity contribution < 1.29 is 9.90 Å². The molecular weight excluding hydrogens is 238 g/mol. The fraction of sp³-hybridized carbons (Fsp3) is 0.562. The van der Waals surface area contributed by atoms with Crippen molar-refractivity contribution in [2.75, 3.05) is 0 Å². The fourth-order valence-corrected chi connectivity index (χ4v) is 2.93. The van der Waals surface area contributed by atoms with E-state index in [1.807, 2.05) is 30.3 Å². The lowest BCUT2D eigenvalue weighted by Crippen LogP contribution is -2.39. The largest absolute Gasteiger partial charge is 0.480 e. The smallest absolute Gasteiger partial charge is 0.325 e. The summed E-state index contributed by atoms with van der Waals surface area (Å²) < 4.78 is 0. The molecular formula is C16H23NO2. The minimum absolute atomic E-state index is 0.337. The molecule has 2 rings (SSSR count). The van der Waals surface area contributed by atoms with Crippen molar-refractivity contribution in [1.82, 2.24) is 5.32 Å². The number of nitrogens with one attached hydrogen (secondary N) is 1. The van der Waals surface area contributed by atoms with Crippen LogP contribution in [-0.4, -0.2) is 17.1 Å². The van der Waals surface area contributed by atoms with Crippen molar-refractivity contribution in [3.8, 4) is 0 Å². The minimum Gasteiger partial charge on any atom is -0.480 e. The maximum Gasteiger partial charge on any atom is 0.325 e. The Hall–Kier alpha value is -1.35. The second-order valence-electron chi connectivity index (χ2n) is 5.47. The van der Waals surface area contributed by atoms with Gasteiger partial charge < -0.3 is 5.11 Å². The molecule has 1 atom stereocenters. The summed E-state index contributed by atoms with van der Waals surface area (Å²) in [5.41, 5.74) is 0.840. The van der Waals surface area contributed by atoms with Gasteiger partial charge in [-0.15, -0.1) is 0 Å². The van der Waals surface area contributed by atoms with E-state index in [0.717, 1.165) is 24.3 Å². The summed E-state index contributed by atoms with van der Waals surface area (Å²) in [5, 5.41) is 12.7. The molecule has 3 nitrogen and oxygen atoms in total. The monoisotopic (exact) mass is 261 g/mol. The fourth-order valence-electron chi connectivity index (χ4n) is 2.93. The van der Waals surface area contributed by atoms with E-state index in [4.69, 9.17) is 0 Å². The highest BCUT2D eigenvalue weighted by Crippen LogP contribution is 2.28. The molecule has 1 saturated carbocycles. The van der Waals surface area contributed by atoms with Crippen molar-refractivity contribution in [1.29, 1.82) is 0 Å². The lowest BCUT2D eigenvalue weighted by Gasteiger charge is -2.30. The van der Waals surface area contributed by atoms with Crippen molar-refractivity contribution in [2.45, 2.75) is 51.1 Å². The van der Waals surface area contributed by atoms with Gasteiger partial charge in [-0.25, -0.2) is 0 Å². The quantitative estimate of drug-likeness (QED) is 0.854. The lowest BCUT2D eigenvalue weighted by molar-refractivity contribution is -0.140. The summed E-state index contributed by atoms with van der Waals surface area (Å²) in [4.78, 5) is 11.4. The van der Waals surface area contributed by atoms with Crippen molar-refractivity contribution in [3.05, 3.63) is 35.9 Å². The average molecular weight is 261 g/mol. The Morgan fingerprint density at radius 1 is 1.26 bits per heavy atom. The normalized spacial score (nSPS) is 24.9. The van der Waals surface area contributed by atoms with Gasteiger partial charge in [-0.1, -0.05) is 43.7 Å². The highest BCUT2D eigenvalue weighted by Gasteiger charge is 2.26. The molecule has 0 heterocycles. The summed E-state index contributed by atoms with van der Waals surface area (Å²) >= 11 is 0. The number of carboxylic acids is 1. The van der Waals surface area contributed by atoms with Gasteiger partial charge in [0.2, 0.25) is 0 Å². The molecule has 0 amide bonds. The van der Waals surface area contributed by atoms with E-state index in [0.29, 0.717) is 6.04 Å². The zero-order chi connectivity index (χ0) is 13.7. The van der Waals surface area contributed by atoms with Gasteiger partial charge in [0, 0.05) is 6.04 Å². The Morgan fingerprint density at radius 3 is 2.42 bits per heavy atom. The summed E-state index contributed by atoms with van der Waals surface area (Å²) in [6, 6.07) is 9.21. The molecule has 0 aromatic heterocycles. The molecule has 0 bridgehead atoms. The topological polar surface area (TPSA) is 49.3 Å². The standard InChI is InChI=1S/C16H23NO2/c1-2-12-8-10-14(11-9-12)17-15(16(18)19)13-6-4-3-5-7-13/h3-7,12,14-15,17H,2,8-11H2,1H3,(H,18,19). The Bertz CT molecular complexity index is 396. The van der Waals surface area contributed by atoms with Crippen molar-refractivity contribution in [3.63, 3.8) is 0 Å². The zero-order valence-corrected chi connectivity index (χ0v) is 11.5. The molecule has 1 unspecified atom stereocenters. The van der Waals surface area contributed by atoms with E-state index >= 15 is 0 Å².